The molecule has 0 heterocycles. The Bertz CT molecular complexity index is 519. The highest BCUT2D eigenvalue weighted by molar-refractivity contribution is 6.71. The van der Waals surface area contributed by atoms with Crippen LogP contribution in [0.4, 0.5) is 26.3 Å². The van der Waals surface area contributed by atoms with Crippen LogP contribution >= 0.6 is 0 Å². The standard InChI is InChI=1S/C17H24F6OSi/c1-24-25(2,3)9-7-5-4-6-8-13-10-14(16(18,19)20)12-15(11-13)17(21,22)23/h10-12H,4-9H2,1-3H3. The van der Waals surface area contributed by atoms with Gasteiger partial charge in [-0.2, -0.15) is 26.3 Å². The van der Waals surface area contributed by atoms with Gasteiger partial charge in [0.1, 0.15) is 0 Å². The number of hydrogen-bond acceptors (Lipinski definition) is 1. The molecule has 0 saturated heterocycles. The summed E-state index contributed by atoms with van der Waals surface area (Å²) < 4.78 is 82.2. The number of halogens is 6. The molecule has 0 amide bonds. The van der Waals surface area contributed by atoms with Crippen molar-refractivity contribution in [3.05, 3.63) is 34.9 Å². The van der Waals surface area contributed by atoms with Crippen LogP contribution in [-0.4, -0.2) is 15.4 Å². The average Bonchev–Trinajstić information content (AvgIpc) is 2.48. The lowest BCUT2D eigenvalue weighted by Crippen LogP contribution is -2.27. The summed E-state index contributed by atoms with van der Waals surface area (Å²) in [6.45, 7) is 4.21. The Morgan fingerprint density at radius 3 is 1.72 bits per heavy atom. The molecule has 0 aliphatic carbocycles. The molecule has 0 saturated carbocycles. The second-order valence-electron chi connectivity index (χ2n) is 6.79. The monoisotopic (exact) mass is 386 g/mol. The van der Waals surface area contributed by atoms with Crippen LogP contribution in [0, 0.1) is 0 Å². The number of rotatable bonds is 8. The third kappa shape index (κ3) is 7.81. The quantitative estimate of drug-likeness (QED) is 0.275. The molecule has 0 bridgehead atoms. The molecule has 1 aromatic carbocycles. The maximum atomic E-state index is 12.8. The van der Waals surface area contributed by atoms with E-state index in [1.54, 1.807) is 7.11 Å². The van der Waals surface area contributed by atoms with E-state index in [4.69, 9.17) is 4.43 Å². The summed E-state index contributed by atoms with van der Waals surface area (Å²) in [6.07, 6.45) is -6.18. The predicted molar refractivity (Wildman–Crippen MR) is 87.9 cm³/mol. The molecule has 0 unspecified atom stereocenters. The fraction of sp³-hybridized carbons (Fsp3) is 0.647. The number of hydrogen-bond donors (Lipinski definition) is 0. The molecule has 0 aliphatic rings. The molecule has 1 nitrogen and oxygen atoms in total. The number of aryl methyl sites for hydroxylation is 1. The van der Waals surface area contributed by atoms with Crippen LogP contribution in [0.1, 0.15) is 42.4 Å². The van der Waals surface area contributed by atoms with Gasteiger partial charge in [0, 0.05) is 7.11 Å². The normalized spacial score (nSPS) is 13.3. The van der Waals surface area contributed by atoms with E-state index in [9.17, 15) is 26.3 Å². The first-order valence-corrected chi connectivity index (χ1v) is 11.3. The SMILES string of the molecule is CO[Si](C)(C)CCCCCCc1cc(C(F)(F)F)cc(C(F)(F)F)c1. The van der Waals surface area contributed by atoms with Crippen molar-refractivity contribution in [2.75, 3.05) is 7.11 Å². The predicted octanol–water partition coefficient (Wildman–Crippen LogP) is 6.68. The zero-order valence-electron chi connectivity index (χ0n) is 14.7. The van der Waals surface area contributed by atoms with Crippen molar-refractivity contribution in [2.24, 2.45) is 0 Å². The molecule has 8 heteroatoms. The van der Waals surface area contributed by atoms with Gasteiger partial charge in [-0.3, -0.25) is 0 Å². The topological polar surface area (TPSA) is 9.23 Å². The fourth-order valence-corrected chi connectivity index (χ4v) is 3.80. The van der Waals surface area contributed by atoms with E-state index in [0.29, 0.717) is 6.42 Å². The molecule has 1 aromatic rings. The van der Waals surface area contributed by atoms with Crippen molar-refractivity contribution in [3.8, 4) is 0 Å². The van der Waals surface area contributed by atoms with Gasteiger partial charge in [0.25, 0.3) is 0 Å². The summed E-state index contributed by atoms with van der Waals surface area (Å²) in [7, 11) is 0.0842. The summed E-state index contributed by atoms with van der Waals surface area (Å²) in [5.41, 5.74) is -2.41. The van der Waals surface area contributed by atoms with Crippen molar-refractivity contribution >= 4 is 8.32 Å². The van der Waals surface area contributed by atoms with Gasteiger partial charge in [-0.15, -0.1) is 0 Å². The Hall–Kier alpha value is -1.02. The van der Waals surface area contributed by atoms with Gasteiger partial charge in [0.05, 0.1) is 11.1 Å². The van der Waals surface area contributed by atoms with Crippen LogP contribution < -0.4 is 0 Å². The number of alkyl halides is 6. The van der Waals surface area contributed by atoms with E-state index in [2.05, 4.69) is 13.1 Å². The van der Waals surface area contributed by atoms with E-state index in [1.807, 2.05) is 0 Å². The minimum atomic E-state index is -4.79. The highest BCUT2D eigenvalue weighted by atomic mass is 28.4. The average molecular weight is 386 g/mol. The van der Waals surface area contributed by atoms with Crippen molar-refractivity contribution < 1.29 is 30.8 Å². The molecule has 25 heavy (non-hydrogen) atoms. The summed E-state index contributed by atoms with van der Waals surface area (Å²) in [6, 6.07) is 2.79. The maximum Gasteiger partial charge on any atom is 0.416 e. The zero-order chi connectivity index (χ0) is 19.3. The van der Waals surface area contributed by atoms with E-state index in [0.717, 1.165) is 37.4 Å². The van der Waals surface area contributed by atoms with Crippen molar-refractivity contribution in [1.29, 1.82) is 0 Å². The van der Waals surface area contributed by atoms with Crippen LogP contribution in [0.3, 0.4) is 0 Å². The Balaban J connectivity index is 2.63. The third-order valence-corrected chi connectivity index (χ3v) is 6.86. The van der Waals surface area contributed by atoms with Crippen LogP contribution in [0.25, 0.3) is 0 Å². The smallest absolute Gasteiger partial charge is 0.416 e. The first-order chi connectivity index (χ1) is 11.3. The summed E-state index contributed by atoms with van der Waals surface area (Å²) in [5, 5.41) is 0. The summed E-state index contributed by atoms with van der Waals surface area (Å²) in [5.74, 6) is 0. The van der Waals surface area contributed by atoms with E-state index >= 15 is 0 Å². The highest BCUT2D eigenvalue weighted by Crippen LogP contribution is 2.36. The molecule has 0 N–H and O–H groups in total. The van der Waals surface area contributed by atoms with Crippen molar-refractivity contribution in [2.45, 2.75) is 63.6 Å². The van der Waals surface area contributed by atoms with Crippen LogP contribution in [-0.2, 0) is 23.2 Å². The maximum absolute atomic E-state index is 12.8. The second-order valence-corrected chi connectivity index (χ2v) is 11.2. The molecule has 0 radical (unpaired) electrons. The Kier molecular flexibility index (Phi) is 7.55. The zero-order valence-corrected chi connectivity index (χ0v) is 15.7. The molecule has 0 spiro atoms. The fourth-order valence-electron chi connectivity index (χ4n) is 2.50. The molecule has 0 aromatic heterocycles. The van der Waals surface area contributed by atoms with Crippen molar-refractivity contribution in [1.82, 2.24) is 0 Å². The minimum absolute atomic E-state index is 0.0775. The summed E-state index contributed by atoms with van der Waals surface area (Å²) >= 11 is 0. The second kappa shape index (κ2) is 8.57. The Morgan fingerprint density at radius 1 is 0.800 bits per heavy atom. The molecule has 0 aliphatic heterocycles. The van der Waals surface area contributed by atoms with Gasteiger partial charge in [-0.1, -0.05) is 19.3 Å². The number of unbranched alkanes of at least 4 members (excludes halogenated alkanes) is 3. The number of benzene rings is 1. The van der Waals surface area contributed by atoms with Gasteiger partial charge in [-0.25, -0.2) is 0 Å². The molecule has 0 fully saturated rings. The Labute approximate surface area is 145 Å². The first-order valence-electron chi connectivity index (χ1n) is 8.19. The molecule has 0 atom stereocenters. The van der Waals surface area contributed by atoms with E-state index in [-0.39, 0.29) is 18.1 Å². The van der Waals surface area contributed by atoms with Gasteiger partial charge < -0.3 is 4.43 Å². The lowest BCUT2D eigenvalue weighted by atomic mass is 10.00. The van der Waals surface area contributed by atoms with E-state index < -0.39 is 31.8 Å². The molecule has 144 valence electrons. The van der Waals surface area contributed by atoms with Crippen LogP contribution in [0.2, 0.25) is 19.1 Å². The highest BCUT2D eigenvalue weighted by Gasteiger charge is 2.36. The van der Waals surface area contributed by atoms with Gasteiger partial charge in [0.15, 0.2) is 8.32 Å². The van der Waals surface area contributed by atoms with Gasteiger partial charge in [0.2, 0.25) is 0 Å². The van der Waals surface area contributed by atoms with E-state index in [1.165, 1.54) is 0 Å². The minimum Gasteiger partial charge on any atom is -0.420 e. The van der Waals surface area contributed by atoms with Crippen molar-refractivity contribution in [3.63, 3.8) is 0 Å². The van der Waals surface area contributed by atoms with Crippen LogP contribution in [0.15, 0.2) is 18.2 Å². The molecular formula is C17H24F6OSi. The lowest BCUT2D eigenvalue weighted by molar-refractivity contribution is -0.143. The Morgan fingerprint density at radius 2 is 1.28 bits per heavy atom. The van der Waals surface area contributed by atoms with Crippen LogP contribution in [0.5, 0.6) is 0 Å². The largest absolute Gasteiger partial charge is 0.420 e. The summed E-state index contributed by atoms with van der Waals surface area (Å²) in [4.78, 5) is 0. The van der Waals surface area contributed by atoms with Gasteiger partial charge >= 0.3 is 12.4 Å². The molecule has 1 rings (SSSR count). The first kappa shape index (κ1) is 22.0. The van der Waals surface area contributed by atoms with Gasteiger partial charge in [-0.05, 0) is 55.7 Å². The lowest BCUT2D eigenvalue weighted by Gasteiger charge is -2.19. The molecular weight excluding hydrogens is 362 g/mol. The third-order valence-electron chi connectivity index (χ3n) is 4.19.